The van der Waals surface area contributed by atoms with Gasteiger partial charge in [0.1, 0.15) is 0 Å². The van der Waals surface area contributed by atoms with Crippen LogP contribution in [0.5, 0.6) is 0 Å². The molecule has 7 nitrogen and oxygen atoms in total. The van der Waals surface area contributed by atoms with Gasteiger partial charge in [-0.2, -0.15) is 0 Å². The van der Waals surface area contributed by atoms with Gasteiger partial charge in [0.25, 0.3) is 0 Å². The maximum Gasteiger partial charge on any atom is 0.418 e. The molecule has 1 heterocycles. The first-order chi connectivity index (χ1) is 13.5. The summed E-state index contributed by atoms with van der Waals surface area (Å²) < 4.78 is 5.67. The Balaban J connectivity index is 1.26. The van der Waals surface area contributed by atoms with Crippen LogP contribution < -0.4 is 5.32 Å². The van der Waals surface area contributed by atoms with Crippen molar-refractivity contribution in [1.29, 1.82) is 0 Å². The molecule has 0 atom stereocenters. The standard InChI is InChI=1S/C21H27N3O4/c1-2-18(25)22-13-19(26)23-3-5-24(6-4-23)20(27)28-14-21-10-15-7-16(11-21)9-17(8-15)12-21/h2-6,15-17H,1,7-14H2,(H,22,25). The molecule has 5 aliphatic rings. The number of nitrogens with one attached hydrogen (secondary N) is 1. The van der Waals surface area contributed by atoms with Crippen LogP contribution in [0.15, 0.2) is 37.5 Å². The zero-order chi connectivity index (χ0) is 19.7. The molecule has 0 unspecified atom stereocenters. The lowest BCUT2D eigenvalue weighted by atomic mass is 9.50. The third-order valence-electron chi connectivity index (χ3n) is 6.54. The van der Waals surface area contributed by atoms with Crippen LogP contribution in [-0.4, -0.2) is 40.9 Å². The highest BCUT2D eigenvalue weighted by Crippen LogP contribution is 2.60. The van der Waals surface area contributed by atoms with Gasteiger partial charge in [-0.3, -0.25) is 19.4 Å². The average molecular weight is 385 g/mol. The Morgan fingerprint density at radius 3 is 2.07 bits per heavy atom. The number of rotatable bonds is 5. The predicted molar refractivity (Wildman–Crippen MR) is 102 cm³/mol. The highest BCUT2D eigenvalue weighted by Gasteiger charge is 2.51. The van der Waals surface area contributed by atoms with Gasteiger partial charge in [-0.1, -0.05) is 6.58 Å². The van der Waals surface area contributed by atoms with E-state index in [0.717, 1.165) is 23.8 Å². The van der Waals surface area contributed by atoms with Gasteiger partial charge < -0.3 is 10.1 Å². The first-order valence-corrected chi connectivity index (χ1v) is 9.99. The number of hydrogen-bond donors (Lipinski definition) is 1. The molecular weight excluding hydrogens is 358 g/mol. The molecule has 1 aliphatic heterocycles. The van der Waals surface area contributed by atoms with Crippen LogP contribution in [0.3, 0.4) is 0 Å². The van der Waals surface area contributed by atoms with Crippen molar-refractivity contribution in [3.8, 4) is 0 Å². The zero-order valence-corrected chi connectivity index (χ0v) is 16.0. The minimum Gasteiger partial charge on any atom is -0.448 e. The molecule has 28 heavy (non-hydrogen) atoms. The zero-order valence-electron chi connectivity index (χ0n) is 16.0. The van der Waals surface area contributed by atoms with Crippen LogP contribution in [0.1, 0.15) is 38.5 Å². The van der Waals surface area contributed by atoms with Crippen molar-refractivity contribution in [3.05, 3.63) is 37.5 Å². The van der Waals surface area contributed by atoms with Crippen LogP contribution in [0.4, 0.5) is 4.79 Å². The average Bonchev–Trinajstić information content (AvgIpc) is 2.69. The fourth-order valence-corrected chi connectivity index (χ4v) is 5.76. The number of ether oxygens (including phenoxy) is 1. The molecule has 0 saturated heterocycles. The molecule has 3 amide bonds. The summed E-state index contributed by atoms with van der Waals surface area (Å²) in [5.41, 5.74) is 0.180. The Kier molecular flexibility index (Phi) is 5.00. The summed E-state index contributed by atoms with van der Waals surface area (Å²) >= 11 is 0. The van der Waals surface area contributed by atoms with Gasteiger partial charge in [-0.05, 0) is 62.4 Å². The molecule has 4 aliphatic carbocycles. The van der Waals surface area contributed by atoms with E-state index >= 15 is 0 Å². The van der Waals surface area contributed by atoms with Crippen molar-refractivity contribution in [3.63, 3.8) is 0 Å². The van der Waals surface area contributed by atoms with E-state index in [-0.39, 0.29) is 17.9 Å². The Morgan fingerprint density at radius 1 is 1.00 bits per heavy atom. The maximum absolute atomic E-state index is 12.5. The highest BCUT2D eigenvalue weighted by molar-refractivity contribution is 5.91. The lowest BCUT2D eigenvalue weighted by Gasteiger charge is -2.56. The first kappa shape index (κ1) is 18.8. The second kappa shape index (κ2) is 7.45. The monoisotopic (exact) mass is 385 g/mol. The fourth-order valence-electron chi connectivity index (χ4n) is 5.76. The quantitative estimate of drug-likeness (QED) is 0.738. The van der Waals surface area contributed by atoms with E-state index in [1.807, 2.05) is 0 Å². The second-order valence-corrected chi connectivity index (χ2v) is 8.70. The second-order valence-electron chi connectivity index (χ2n) is 8.70. The highest BCUT2D eigenvalue weighted by atomic mass is 16.6. The molecule has 1 N–H and O–H groups in total. The topological polar surface area (TPSA) is 79.0 Å². The largest absolute Gasteiger partial charge is 0.448 e. The van der Waals surface area contributed by atoms with Crippen molar-refractivity contribution < 1.29 is 19.1 Å². The molecule has 0 aromatic carbocycles. The molecule has 4 fully saturated rings. The molecular formula is C21H27N3O4. The van der Waals surface area contributed by atoms with Gasteiger partial charge >= 0.3 is 6.09 Å². The van der Waals surface area contributed by atoms with E-state index in [1.54, 1.807) is 0 Å². The van der Waals surface area contributed by atoms with Crippen LogP contribution >= 0.6 is 0 Å². The van der Waals surface area contributed by atoms with Crippen LogP contribution in [-0.2, 0) is 14.3 Å². The number of amides is 3. The third kappa shape index (κ3) is 3.84. The normalized spacial score (nSPS) is 32.4. The van der Waals surface area contributed by atoms with E-state index < -0.39 is 12.0 Å². The summed E-state index contributed by atoms with van der Waals surface area (Å²) in [4.78, 5) is 38.3. The van der Waals surface area contributed by atoms with Crippen molar-refractivity contribution in [2.45, 2.75) is 38.5 Å². The van der Waals surface area contributed by atoms with Gasteiger partial charge in [0.05, 0.1) is 13.2 Å². The molecule has 150 valence electrons. The number of nitrogens with zero attached hydrogens (tertiary/aromatic N) is 2. The number of hydrogen-bond acceptors (Lipinski definition) is 4. The predicted octanol–water partition coefficient (Wildman–Crippen LogP) is 2.73. The van der Waals surface area contributed by atoms with Gasteiger partial charge in [0.15, 0.2) is 0 Å². The number of carbonyl (C=O) groups is 3. The van der Waals surface area contributed by atoms with Crippen LogP contribution in [0.25, 0.3) is 0 Å². The molecule has 0 radical (unpaired) electrons. The fraction of sp³-hybridized carbons (Fsp3) is 0.571. The first-order valence-electron chi connectivity index (χ1n) is 9.99. The molecule has 0 spiro atoms. The molecule has 4 saturated carbocycles. The van der Waals surface area contributed by atoms with Crippen LogP contribution in [0, 0.1) is 23.2 Å². The van der Waals surface area contributed by atoms with Gasteiger partial charge in [-0.15, -0.1) is 0 Å². The minimum atomic E-state index is -0.421. The van der Waals surface area contributed by atoms with E-state index in [1.165, 1.54) is 73.1 Å². The van der Waals surface area contributed by atoms with Crippen molar-refractivity contribution in [1.82, 2.24) is 15.1 Å². The van der Waals surface area contributed by atoms with Crippen molar-refractivity contribution >= 4 is 17.9 Å². The number of carbonyl (C=O) groups excluding carboxylic acids is 3. The summed E-state index contributed by atoms with van der Waals surface area (Å²) in [6.45, 7) is 3.68. The van der Waals surface area contributed by atoms with E-state index in [9.17, 15) is 14.4 Å². The summed E-state index contributed by atoms with van der Waals surface area (Å²) in [6, 6.07) is 0. The SMILES string of the molecule is C=CC(=O)NCC(=O)N1C=CN(C(=O)OCC23CC4CC(CC(C4)C2)C3)C=C1. The molecule has 4 bridgehead atoms. The van der Waals surface area contributed by atoms with Crippen LogP contribution in [0.2, 0.25) is 0 Å². The Hall–Kier alpha value is -2.57. The Bertz CT molecular complexity index is 693. The molecule has 5 rings (SSSR count). The minimum absolute atomic E-state index is 0.143. The van der Waals surface area contributed by atoms with Gasteiger partial charge in [-0.25, -0.2) is 4.79 Å². The molecule has 0 aromatic rings. The Labute approximate surface area is 165 Å². The summed E-state index contributed by atoms with van der Waals surface area (Å²) in [5.74, 6) is 1.74. The lowest BCUT2D eigenvalue weighted by molar-refractivity contribution is -0.128. The van der Waals surface area contributed by atoms with E-state index in [2.05, 4.69) is 11.9 Å². The summed E-state index contributed by atoms with van der Waals surface area (Å²) in [7, 11) is 0. The lowest BCUT2D eigenvalue weighted by Crippen LogP contribution is -2.48. The van der Waals surface area contributed by atoms with Gasteiger partial charge in [0.2, 0.25) is 11.8 Å². The van der Waals surface area contributed by atoms with Crippen molar-refractivity contribution in [2.24, 2.45) is 23.2 Å². The summed E-state index contributed by atoms with van der Waals surface area (Å²) in [6.07, 6.45) is 14.3. The van der Waals surface area contributed by atoms with E-state index in [0.29, 0.717) is 6.61 Å². The van der Waals surface area contributed by atoms with Gasteiger partial charge in [0, 0.05) is 30.2 Å². The Morgan fingerprint density at radius 2 is 1.54 bits per heavy atom. The molecule has 7 heteroatoms. The molecule has 0 aromatic heterocycles. The summed E-state index contributed by atoms with van der Waals surface area (Å²) in [5, 5.41) is 2.43. The smallest absolute Gasteiger partial charge is 0.418 e. The van der Waals surface area contributed by atoms with Crippen molar-refractivity contribution in [2.75, 3.05) is 13.2 Å². The van der Waals surface area contributed by atoms with E-state index in [4.69, 9.17) is 4.74 Å². The third-order valence-corrected chi connectivity index (χ3v) is 6.54. The maximum atomic E-state index is 12.5.